The summed E-state index contributed by atoms with van der Waals surface area (Å²) in [6, 6.07) is 10.5. The van der Waals surface area contributed by atoms with Crippen LogP contribution in [0.25, 0.3) is 10.8 Å². The molecule has 2 aromatic carbocycles. The highest BCUT2D eigenvalue weighted by molar-refractivity contribution is 5.91. The van der Waals surface area contributed by atoms with Crippen LogP contribution in [-0.2, 0) is 4.74 Å². The lowest BCUT2D eigenvalue weighted by molar-refractivity contribution is -0.179. The van der Waals surface area contributed by atoms with Gasteiger partial charge in [0, 0.05) is 5.39 Å². The van der Waals surface area contributed by atoms with Gasteiger partial charge in [-0.05, 0) is 17.0 Å². The Morgan fingerprint density at radius 2 is 1.76 bits per heavy atom. The molecule has 0 bridgehead atoms. The first-order valence-corrected chi connectivity index (χ1v) is 6.30. The number of rotatable bonds is 5. The summed E-state index contributed by atoms with van der Waals surface area (Å²) in [6.45, 7) is -1.80. The van der Waals surface area contributed by atoms with E-state index in [2.05, 4.69) is 4.74 Å². The minimum Gasteiger partial charge on any atom is -0.496 e. The van der Waals surface area contributed by atoms with Crippen molar-refractivity contribution in [2.24, 2.45) is 0 Å². The number of halogens is 3. The molecule has 3 nitrogen and oxygen atoms in total. The molecule has 0 aliphatic carbocycles. The van der Waals surface area contributed by atoms with E-state index in [1.807, 2.05) is 12.1 Å². The van der Waals surface area contributed by atoms with E-state index in [1.54, 1.807) is 24.3 Å². The maximum Gasteiger partial charge on any atom is 0.411 e. The average Bonchev–Trinajstić information content (AvgIpc) is 2.44. The lowest BCUT2D eigenvalue weighted by Crippen LogP contribution is -2.19. The van der Waals surface area contributed by atoms with Crippen LogP contribution >= 0.6 is 0 Å². The molecule has 0 saturated carbocycles. The normalized spacial score (nSPS) is 13.4. The van der Waals surface area contributed by atoms with Gasteiger partial charge in [-0.2, -0.15) is 13.2 Å². The average molecular weight is 300 g/mol. The van der Waals surface area contributed by atoms with Crippen LogP contribution in [0.2, 0.25) is 0 Å². The van der Waals surface area contributed by atoms with Crippen LogP contribution in [0.1, 0.15) is 11.7 Å². The van der Waals surface area contributed by atoms with Crippen molar-refractivity contribution in [1.82, 2.24) is 0 Å². The van der Waals surface area contributed by atoms with E-state index in [4.69, 9.17) is 4.74 Å². The first-order chi connectivity index (χ1) is 9.92. The van der Waals surface area contributed by atoms with Gasteiger partial charge in [0.1, 0.15) is 18.5 Å². The number of ether oxygens (including phenoxy) is 2. The fourth-order valence-corrected chi connectivity index (χ4v) is 2.14. The Hall–Kier alpha value is -1.79. The van der Waals surface area contributed by atoms with Crippen LogP contribution in [0.4, 0.5) is 13.2 Å². The Kier molecular flexibility index (Phi) is 4.69. The first-order valence-electron chi connectivity index (χ1n) is 6.30. The van der Waals surface area contributed by atoms with Crippen molar-refractivity contribution in [2.75, 3.05) is 20.3 Å². The van der Waals surface area contributed by atoms with Crippen LogP contribution in [0.15, 0.2) is 36.4 Å². The van der Waals surface area contributed by atoms with Crippen molar-refractivity contribution in [3.05, 3.63) is 42.0 Å². The largest absolute Gasteiger partial charge is 0.496 e. The lowest BCUT2D eigenvalue weighted by Gasteiger charge is -2.16. The maximum atomic E-state index is 12.0. The zero-order valence-electron chi connectivity index (χ0n) is 11.4. The second kappa shape index (κ2) is 6.32. The number of benzene rings is 2. The highest BCUT2D eigenvalue weighted by Gasteiger charge is 2.28. The van der Waals surface area contributed by atoms with Crippen LogP contribution in [0.3, 0.4) is 0 Å². The molecule has 1 unspecified atom stereocenters. The third kappa shape index (κ3) is 3.86. The second-order valence-corrected chi connectivity index (χ2v) is 4.55. The van der Waals surface area contributed by atoms with Crippen LogP contribution in [0.5, 0.6) is 5.75 Å². The molecule has 0 fully saturated rings. The summed E-state index contributed by atoms with van der Waals surface area (Å²) in [6.07, 6.45) is -5.54. The third-order valence-electron chi connectivity index (χ3n) is 3.04. The summed E-state index contributed by atoms with van der Waals surface area (Å²) in [5, 5.41) is 11.6. The van der Waals surface area contributed by atoms with Crippen molar-refractivity contribution in [3.63, 3.8) is 0 Å². The topological polar surface area (TPSA) is 38.7 Å². The molecule has 114 valence electrons. The van der Waals surface area contributed by atoms with Gasteiger partial charge < -0.3 is 14.6 Å². The maximum absolute atomic E-state index is 12.0. The highest BCUT2D eigenvalue weighted by atomic mass is 19.4. The van der Waals surface area contributed by atoms with Gasteiger partial charge in [0.15, 0.2) is 0 Å². The summed E-state index contributed by atoms with van der Waals surface area (Å²) in [5.41, 5.74) is 0.508. The van der Waals surface area contributed by atoms with E-state index in [0.717, 1.165) is 10.8 Å². The molecule has 6 heteroatoms. The molecule has 0 spiro atoms. The fourth-order valence-electron chi connectivity index (χ4n) is 2.14. The molecule has 0 aromatic heterocycles. The van der Waals surface area contributed by atoms with Gasteiger partial charge >= 0.3 is 6.18 Å². The predicted molar refractivity (Wildman–Crippen MR) is 72.3 cm³/mol. The van der Waals surface area contributed by atoms with E-state index >= 15 is 0 Å². The van der Waals surface area contributed by atoms with E-state index < -0.39 is 25.5 Å². The molecular weight excluding hydrogens is 285 g/mol. The number of methoxy groups -OCH3 is 1. The molecule has 0 heterocycles. The number of hydrogen-bond donors (Lipinski definition) is 1. The molecule has 0 amide bonds. The van der Waals surface area contributed by atoms with Crippen molar-refractivity contribution in [3.8, 4) is 5.75 Å². The molecule has 0 aliphatic rings. The molecule has 0 aliphatic heterocycles. The predicted octanol–water partition coefficient (Wildman–Crippen LogP) is 3.46. The van der Waals surface area contributed by atoms with E-state index in [9.17, 15) is 18.3 Å². The van der Waals surface area contributed by atoms with Gasteiger partial charge in [-0.15, -0.1) is 0 Å². The quantitative estimate of drug-likeness (QED) is 0.919. The molecule has 0 radical (unpaired) electrons. The molecule has 0 saturated heterocycles. The number of aliphatic hydroxyl groups excluding tert-OH is 1. The summed E-state index contributed by atoms with van der Waals surface area (Å²) in [4.78, 5) is 0. The minimum atomic E-state index is -4.40. The Labute approximate surface area is 119 Å². The number of hydrogen-bond acceptors (Lipinski definition) is 3. The van der Waals surface area contributed by atoms with Crippen LogP contribution in [-0.4, -0.2) is 31.6 Å². The smallest absolute Gasteiger partial charge is 0.411 e. The van der Waals surface area contributed by atoms with Gasteiger partial charge in [0.05, 0.1) is 13.7 Å². The van der Waals surface area contributed by atoms with Crippen molar-refractivity contribution in [2.45, 2.75) is 12.3 Å². The van der Waals surface area contributed by atoms with Crippen LogP contribution < -0.4 is 4.74 Å². The number of fused-ring (bicyclic) bond motifs is 1. The second-order valence-electron chi connectivity index (χ2n) is 4.55. The summed E-state index contributed by atoms with van der Waals surface area (Å²) in [7, 11) is 1.53. The molecule has 1 atom stereocenters. The molecular formula is C15H15F3O3. The van der Waals surface area contributed by atoms with Crippen LogP contribution in [0, 0.1) is 0 Å². The minimum absolute atomic E-state index is 0.421. The summed E-state index contributed by atoms with van der Waals surface area (Å²) in [5.74, 6) is 0.637. The molecule has 2 aromatic rings. The molecule has 2 rings (SSSR count). The fraction of sp³-hybridized carbons (Fsp3) is 0.333. The van der Waals surface area contributed by atoms with Crippen molar-refractivity contribution in [1.29, 1.82) is 0 Å². The summed E-state index contributed by atoms with van der Waals surface area (Å²) < 4.78 is 45.9. The van der Waals surface area contributed by atoms with Crippen molar-refractivity contribution >= 4 is 10.8 Å². The Morgan fingerprint density at radius 1 is 1.10 bits per heavy atom. The lowest BCUT2D eigenvalue weighted by atomic mass is 10.00. The standard InChI is InChI=1S/C15H15F3O3/c1-20-14-7-6-11(10-4-2-3-5-12(10)14)13(19)8-21-9-15(16,17)18/h2-7,13,19H,8-9H2,1H3. The van der Waals surface area contributed by atoms with Crippen molar-refractivity contribution < 1.29 is 27.8 Å². The SMILES string of the molecule is COc1ccc(C(O)COCC(F)(F)F)c2ccccc12. The Balaban J connectivity index is 2.22. The van der Waals surface area contributed by atoms with Gasteiger partial charge in [-0.1, -0.05) is 30.3 Å². The summed E-state index contributed by atoms with van der Waals surface area (Å²) >= 11 is 0. The Morgan fingerprint density at radius 3 is 2.38 bits per heavy atom. The first kappa shape index (κ1) is 15.6. The number of aliphatic hydroxyl groups is 1. The van der Waals surface area contributed by atoms with Gasteiger partial charge in [-0.25, -0.2) is 0 Å². The Bertz CT molecular complexity index is 611. The van der Waals surface area contributed by atoms with E-state index in [0.29, 0.717) is 11.3 Å². The van der Waals surface area contributed by atoms with E-state index in [1.165, 1.54) is 7.11 Å². The van der Waals surface area contributed by atoms with E-state index in [-0.39, 0.29) is 0 Å². The third-order valence-corrected chi connectivity index (χ3v) is 3.04. The molecule has 1 N–H and O–H groups in total. The van der Waals surface area contributed by atoms with Gasteiger partial charge in [0.2, 0.25) is 0 Å². The zero-order valence-corrected chi connectivity index (χ0v) is 11.4. The molecule has 21 heavy (non-hydrogen) atoms. The number of alkyl halides is 3. The van der Waals surface area contributed by atoms with Gasteiger partial charge in [-0.3, -0.25) is 0 Å². The van der Waals surface area contributed by atoms with Gasteiger partial charge in [0.25, 0.3) is 0 Å². The zero-order chi connectivity index (χ0) is 15.5. The monoisotopic (exact) mass is 300 g/mol. The highest BCUT2D eigenvalue weighted by Crippen LogP contribution is 2.31.